The number of carbonyl (C=O) groups is 1. The van der Waals surface area contributed by atoms with Crippen LogP contribution in [0.5, 0.6) is 0 Å². The van der Waals surface area contributed by atoms with Gasteiger partial charge in [-0.05, 0) is 32.9 Å². The maximum Gasteiger partial charge on any atom is 0.407 e. The number of hydrogen-bond acceptors (Lipinski definition) is 3. The zero-order chi connectivity index (χ0) is 18.6. The molecule has 0 saturated carbocycles. The molecule has 1 aromatic heterocycles. The molecule has 2 aromatic carbocycles. The maximum atomic E-state index is 12.0. The lowest BCUT2D eigenvalue weighted by atomic mass is 10.1. The van der Waals surface area contributed by atoms with Crippen molar-refractivity contribution in [2.24, 2.45) is 0 Å². The number of carbonyl (C=O) groups excluding carboxylic acids is 1. The van der Waals surface area contributed by atoms with Crippen molar-refractivity contribution in [2.75, 3.05) is 0 Å². The lowest BCUT2D eigenvalue weighted by Crippen LogP contribution is -2.40. The zero-order valence-corrected chi connectivity index (χ0v) is 15.3. The number of para-hydroxylation sites is 1. The molecule has 1 heterocycles. The second-order valence-electron chi connectivity index (χ2n) is 7.07. The average molecular weight is 349 g/mol. The number of imidazole rings is 1. The van der Waals surface area contributed by atoms with Crippen LogP contribution < -0.4 is 5.32 Å². The second kappa shape index (κ2) is 7.44. The van der Waals surface area contributed by atoms with Crippen LogP contribution in [0.2, 0.25) is 0 Å². The Morgan fingerprint density at radius 3 is 2.27 bits per heavy atom. The molecule has 0 radical (unpaired) electrons. The van der Waals surface area contributed by atoms with E-state index in [0.717, 1.165) is 16.9 Å². The number of amides is 1. The van der Waals surface area contributed by atoms with Crippen molar-refractivity contribution in [3.63, 3.8) is 0 Å². The van der Waals surface area contributed by atoms with Gasteiger partial charge in [-0.3, -0.25) is 0 Å². The van der Waals surface area contributed by atoms with Crippen LogP contribution in [0.1, 0.15) is 26.6 Å². The summed E-state index contributed by atoms with van der Waals surface area (Å²) in [6, 6.07) is 19.8. The minimum atomic E-state index is -0.457. The van der Waals surface area contributed by atoms with Crippen LogP contribution in [0.3, 0.4) is 0 Å². The monoisotopic (exact) mass is 349 g/mol. The van der Waals surface area contributed by atoms with Crippen molar-refractivity contribution in [1.82, 2.24) is 14.9 Å². The molecule has 1 N–H and O–H groups in total. The highest BCUT2D eigenvalue weighted by Gasteiger charge is 2.17. The number of ether oxygens (including phenoxy) is 1. The third-order valence-corrected chi connectivity index (χ3v) is 3.69. The number of rotatable bonds is 4. The summed E-state index contributed by atoms with van der Waals surface area (Å²) in [5.41, 5.74) is 2.48. The van der Waals surface area contributed by atoms with Gasteiger partial charge in [0.25, 0.3) is 0 Å². The van der Waals surface area contributed by atoms with Gasteiger partial charge in [0.2, 0.25) is 0 Å². The van der Waals surface area contributed by atoms with Gasteiger partial charge in [-0.15, -0.1) is 0 Å². The standard InChI is InChI=1S/C21H23N3O2/c1-21(2,3)23-20(25)26-15-19-22-18(16-10-6-4-7-11-16)14-24(19)17-12-8-5-9-13-17/h4-14H,15H2,1-3H3,(H,23,25). The second-order valence-corrected chi connectivity index (χ2v) is 7.07. The molecule has 5 heteroatoms. The van der Waals surface area contributed by atoms with Crippen molar-refractivity contribution >= 4 is 6.09 Å². The molecule has 3 rings (SSSR count). The van der Waals surface area contributed by atoms with Crippen molar-refractivity contribution in [3.05, 3.63) is 72.7 Å². The Bertz CT molecular complexity index is 865. The molecule has 0 spiro atoms. The quantitative estimate of drug-likeness (QED) is 0.751. The van der Waals surface area contributed by atoms with Crippen LogP contribution in [0, 0.1) is 0 Å². The van der Waals surface area contributed by atoms with E-state index >= 15 is 0 Å². The number of alkyl carbamates (subject to hydrolysis) is 1. The first-order valence-electron chi connectivity index (χ1n) is 8.56. The number of hydrogen-bond donors (Lipinski definition) is 1. The van der Waals surface area contributed by atoms with E-state index in [2.05, 4.69) is 10.3 Å². The third-order valence-electron chi connectivity index (χ3n) is 3.69. The van der Waals surface area contributed by atoms with E-state index in [4.69, 9.17) is 4.74 Å². The Labute approximate surface area is 153 Å². The van der Waals surface area contributed by atoms with Gasteiger partial charge in [0.1, 0.15) is 0 Å². The van der Waals surface area contributed by atoms with Crippen LogP contribution in [-0.4, -0.2) is 21.2 Å². The first kappa shape index (κ1) is 17.7. The van der Waals surface area contributed by atoms with Crippen molar-refractivity contribution in [2.45, 2.75) is 32.9 Å². The predicted octanol–water partition coefficient (Wildman–Crippen LogP) is 4.56. The molecule has 0 unspecified atom stereocenters. The molecule has 0 bridgehead atoms. The molecule has 0 aliphatic rings. The topological polar surface area (TPSA) is 56.1 Å². The largest absolute Gasteiger partial charge is 0.441 e. The van der Waals surface area contributed by atoms with E-state index in [1.165, 1.54) is 0 Å². The van der Waals surface area contributed by atoms with Gasteiger partial charge >= 0.3 is 6.09 Å². The first-order chi connectivity index (χ1) is 12.4. The fourth-order valence-corrected chi connectivity index (χ4v) is 2.55. The third kappa shape index (κ3) is 4.51. The summed E-state index contributed by atoms with van der Waals surface area (Å²) in [5.74, 6) is 0.666. The van der Waals surface area contributed by atoms with E-state index in [1.807, 2.05) is 92.2 Å². The molecule has 0 fully saturated rings. The van der Waals surface area contributed by atoms with Gasteiger partial charge in [0, 0.05) is 23.0 Å². The van der Waals surface area contributed by atoms with E-state index in [0.29, 0.717) is 5.82 Å². The summed E-state index contributed by atoms with van der Waals surface area (Å²) in [7, 11) is 0. The Kier molecular flexibility index (Phi) is 5.07. The molecule has 26 heavy (non-hydrogen) atoms. The van der Waals surface area contributed by atoms with Gasteiger partial charge < -0.3 is 14.6 Å². The predicted molar refractivity (Wildman–Crippen MR) is 102 cm³/mol. The van der Waals surface area contributed by atoms with Gasteiger partial charge in [-0.2, -0.15) is 0 Å². The average Bonchev–Trinajstić information content (AvgIpc) is 3.04. The van der Waals surface area contributed by atoms with Crippen LogP contribution in [0.15, 0.2) is 66.9 Å². The Morgan fingerprint density at radius 2 is 1.65 bits per heavy atom. The molecule has 0 aliphatic carbocycles. The SMILES string of the molecule is CC(C)(C)NC(=O)OCc1nc(-c2ccccc2)cn1-c1ccccc1. The molecule has 5 nitrogen and oxygen atoms in total. The number of nitrogens with zero attached hydrogens (tertiary/aromatic N) is 2. The number of benzene rings is 2. The highest BCUT2D eigenvalue weighted by Crippen LogP contribution is 2.22. The van der Waals surface area contributed by atoms with Crippen LogP contribution in [0.25, 0.3) is 16.9 Å². The van der Waals surface area contributed by atoms with Crippen LogP contribution in [-0.2, 0) is 11.3 Å². The zero-order valence-electron chi connectivity index (χ0n) is 15.3. The minimum Gasteiger partial charge on any atom is -0.441 e. The van der Waals surface area contributed by atoms with Gasteiger partial charge in [-0.25, -0.2) is 9.78 Å². The van der Waals surface area contributed by atoms with Crippen LogP contribution >= 0.6 is 0 Å². The normalized spacial score (nSPS) is 11.2. The van der Waals surface area contributed by atoms with Crippen LogP contribution in [0.4, 0.5) is 4.79 Å². The molecule has 0 aliphatic heterocycles. The highest BCUT2D eigenvalue weighted by atomic mass is 16.5. The molecule has 3 aromatic rings. The van der Waals surface area contributed by atoms with Gasteiger partial charge in [0.05, 0.1) is 5.69 Å². The lowest BCUT2D eigenvalue weighted by Gasteiger charge is -2.19. The molecule has 1 amide bonds. The smallest absolute Gasteiger partial charge is 0.407 e. The minimum absolute atomic E-state index is 0.0869. The summed E-state index contributed by atoms with van der Waals surface area (Å²) in [5, 5.41) is 2.79. The fraction of sp³-hybridized carbons (Fsp3) is 0.238. The first-order valence-corrected chi connectivity index (χ1v) is 8.56. The molecule has 0 saturated heterocycles. The molecular weight excluding hydrogens is 326 g/mol. The van der Waals surface area contributed by atoms with E-state index in [9.17, 15) is 4.79 Å². The number of nitrogens with one attached hydrogen (secondary N) is 1. The van der Waals surface area contributed by atoms with Gasteiger partial charge in [0.15, 0.2) is 12.4 Å². The summed E-state index contributed by atoms with van der Waals surface area (Å²) >= 11 is 0. The van der Waals surface area contributed by atoms with E-state index in [-0.39, 0.29) is 12.1 Å². The van der Waals surface area contributed by atoms with E-state index < -0.39 is 6.09 Å². The van der Waals surface area contributed by atoms with Gasteiger partial charge in [-0.1, -0.05) is 48.5 Å². The Hall–Kier alpha value is -3.08. The Balaban J connectivity index is 1.88. The summed E-state index contributed by atoms with van der Waals surface area (Å²) in [4.78, 5) is 16.7. The Morgan fingerprint density at radius 1 is 1.04 bits per heavy atom. The molecule has 0 atom stereocenters. The van der Waals surface area contributed by atoms with Crippen molar-refractivity contribution in [1.29, 1.82) is 0 Å². The summed E-state index contributed by atoms with van der Waals surface area (Å²) in [6.07, 6.45) is 1.51. The summed E-state index contributed by atoms with van der Waals surface area (Å²) in [6.45, 7) is 5.82. The molecule has 134 valence electrons. The lowest BCUT2D eigenvalue weighted by molar-refractivity contribution is 0.128. The fourth-order valence-electron chi connectivity index (χ4n) is 2.55. The maximum absolute atomic E-state index is 12.0. The highest BCUT2D eigenvalue weighted by molar-refractivity contribution is 5.68. The van der Waals surface area contributed by atoms with Crippen molar-refractivity contribution in [3.8, 4) is 16.9 Å². The van der Waals surface area contributed by atoms with Crippen molar-refractivity contribution < 1.29 is 9.53 Å². The number of aromatic nitrogens is 2. The van der Waals surface area contributed by atoms with E-state index in [1.54, 1.807) is 0 Å². The molecular formula is C21H23N3O2. The summed E-state index contributed by atoms with van der Waals surface area (Å²) < 4.78 is 7.33.